The lowest BCUT2D eigenvalue weighted by Gasteiger charge is -2.18. The van der Waals surface area contributed by atoms with Crippen molar-refractivity contribution in [2.45, 2.75) is 32.2 Å². The van der Waals surface area contributed by atoms with E-state index in [2.05, 4.69) is 25.3 Å². The lowest BCUT2D eigenvalue weighted by molar-refractivity contribution is -0.143. The number of nitrogens with zero attached hydrogens (tertiary/aromatic N) is 3. The maximum Gasteiger partial charge on any atom is 0.416 e. The van der Waals surface area contributed by atoms with E-state index in [9.17, 15) is 31.1 Å². The molecule has 0 radical (unpaired) electrons. The van der Waals surface area contributed by atoms with Gasteiger partial charge in [0, 0.05) is 18.0 Å². The molecule has 6 nitrogen and oxygen atoms in total. The van der Waals surface area contributed by atoms with Crippen LogP contribution in [0.3, 0.4) is 0 Å². The largest absolute Gasteiger partial charge is 0.416 e. The third-order valence-electron chi connectivity index (χ3n) is 3.91. The highest BCUT2D eigenvalue weighted by atomic mass is 19.4. The molecule has 0 aliphatic rings. The van der Waals surface area contributed by atoms with Crippen molar-refractivity contribution in [2.24, 2.45) is 5.16 Å². The molecule has 1 unspecified atom stereocenters. The zero-order valence-electron chi connectivity index (χ0n) is 15.9. The molecule has 0 bridgehead atoms. The van der Waals surface area contributed by atoms with E-state index < -0.39 is 41.0 Å². The van der Waals surface area contributed by atoms with Crippen LogP contribution in [0.5, 0.6) is 0 Å². The van der Waals surface area contributed by atoms with Gasteiger partial charge in [-0.05, 0) is 32.0 Å². The second-order valence-corrected chi connectivity index (χ2v) is 6.14. The van der Waals surface area contributed by atoms with Gasteiger partial charge >= 0.3 is 12.4 Å². The molecule has 0 saturated carbocycles. The number of amides is 1. The van der Waals surface area contributed by atoms with Crippen molar-refractivity contribution in [2.75, 3.05) is 7.11 Å². The molecule has 1 amide bonds. The van der Waals surface area contributed by atoms with Crippen LogP contribution in [0.15, 0.2) is 35.7 Å². The van der Waals surface area contributed by atoms with Crippen molar-refractivity contribution in [1.82, 2.24) is 15.3 Å². The van der Waals surface area contributed by atoms with Crippen molar-refractivity contribution >= 4 is 11.6 Å². The first-order valence-electron chi connectivity index (χ1n) is 8.34. The topological polar surface area (TPSA) is 76.5 Å². The average molecular weight is 434 g/mol. The Morgan fingerprint density at radius 2 is 1.57 bits per heavy atom. The first-order valence-corrected chi connectivity index (χ1v) is 8.34. The number of nitrogens with one attached hydrogen (secondary N) is 1. The van der Waals surface area contributed by atoms with E-state index in [4.69, 9.17) is 0 Å². The summed E-state index contributed by atoms with van der Waals surface area (Å²) in [7, 11) is 1.30. The number of halogens is 6. The number of hydrogen-bond acceptors (Lipinski definition) is 5. The molecule has 0 aliphatic heterocycles. The van der Waals surface area contributed by atoms with Gasteiger partial charge in [-0.25, -0.2) is 0 Å². The molecule has 0 saturated heterocycles. The summed E-state index contributed by atoms with van der Waals surface area (Å²) in [5, 5.41) is 6.04. The number of oxime groups is 1. The van der Waals surface area contributed by atoms with Crippen LogP contribution >= 0.6 is 0 Å². The molecule has 1 heterocycles. The van der Waals surface area contributed by atoms with Gasteiger partial charge in [0.15, 0.2) is 0 Å². The van der Waals surface area contributed by atoms with E-state index in [0.717, 1.165) is 0 Å². The molecule has 0 fully saturated rings. The van der Waals surface area contributed by atoms with Crippen molar-refractivity contribution in [1.29, 1.82) is 0 Å². The molecule has 1 atom stereocenters. The lowest BCUT2D eigenvalue weighted by atomic mass is 10.0. The monoisotopic (exact) mass is 434 g/mol. The van der Waals surface area contributed by atoms with Crippen molar-refractivity contribution < 1.29 is 36.0 Å². The molecule has 2 aromatic rings. The van der Waals surface area contributed by atoms with Gasteiger partial charge in [-0.2, -0.15) is 26.3 Å². The summed E-state index contributed by atoms with van der Waals surface area (Å²) in [6.07, 6.45) is -7.46. The Labute approximate surface area is 167 Å². The van der Waals surface area contributed by atoms with E-state index in [1.807, 2.05) is 0 Å². The highest BCUT2D eigenvalue weighted by Crippen LogP contribution is 2.36. The molecule has 12 heteroatoms. The summed E-state index contributed by atoms with van der Waals surface area (Å²) in [6.45, 7) is 3.00. The molecule has 1 aromatic carbocycles. The minimum absolute atomic E-state index is 0.0500. The van der Waals surface area contributed by atoms with Gasteiger partial charge in [-0.1, -0.05) is 5.16 Å². The Morgan fingerprint density at radius 3 is 2.07 bits per heavy atom. The zero-order chi connectivity index (χ0) is 22.7. The zero-order valence-corrected chi connectivity index (χ0v) is 15.9. The van der Waals surface area contributed by atoms with E-state index in [1.54, 1.807) is 6.92 Å². The normalized spacial score (nSPS) is 13.7. The first-order chi connectivity index (χ1) is 13.8. The van der Waals surface area contributed by atoms with Gasteiger partial charge in [-0.15, -0.1) is 0 Å². The molecular weight excluding hydrogens is 418 g/mol. The predicted octanol–water partition coefficient (Wildman–Crippen LogP) is 4.38. The summed E-state index contributed by atoms with van der Waals surface area (Å²) in [5.41, 5.74) is -3.21. The van der Waals surface area contributed by atoms with Gasteiger partial charge in [-0.3, -0.25) is 14.8 Å². The Balaban J connectivity index is 2.40. The van der Waals surface area contributed by atoms with E-state index >= 15 is 0 Å². The Morgan fingerprint density at radius 1 is 1.03 bits per heavy atom. The average Bonchev–Trinajstić information content (AvgIpc) is 2.66. The Hall–Kier alpha value is -3.18. The van der Waals surface area contributed by atoms with Crippen LogP contribution < -0.4 is 5.32 Å². The van der Waals surface area contributed by atoms with Crippen molar-refractivity contribution in [3.05, 3.63) is 58.7 Å². The van der Waals surface area contributed by atoms with Crippen LogP contribution in [0.4, 0.5) is 26.3 Å². The fourth-order valence-electron chi connectivity index (χ4n) is 2.56. The highest BCUT2D eigenvalue weighted by molar-refractivity contribution is 5.98. The van der Waals surface area contributed by atoms with E-state index in [0.29, 0.717) is 17.8 Å². The van der Waals surface area contributed by atoms with Crippen LogP contribution in [-0.4, -0.2) is 28.7 Å². The molecule has 0 aliphatic carbocycles. The first kappa shape index (κ1) is 23.1. The maximum atomic E-state index is 13.0. The minimum Gasteiger partial charge on any atom is -0.399 e. The number of carbonyl (C=O) groups is 1. The number of aromatic nitrogens is 2. The molecular formula is C18H16F6N4O2. The second-order valence-electron chi connectivity index (χ2n) is 6.14. The molecule has 1 N–H and O–H groups in total. The van der Waals surface area contributed by atoms with Crippen LogP contribution in [-0.2, 0) is 17.2 Å². The number of hydrogen-bond donors (Lipinski definition) is 1. The second kappa shape index (κ2) is 8.67. The smallest absolute Gasteiger partial charge is 0.399 e. The molecule has 1 aromatic heterocycles. The fourth-order valence-corrected chi connectivity index (χ4v) is 2.56. The number of benzene rings is 1. The number of rotatable bonds is 5. The third-order valence-corrected chi connectivity index (χ3v) is 3.91. The minimum atomic E-state index is -5.06. The summed E-state index contributed by atoms with van der Waals surface area (Å²) >= 11 is 0. The van der Waals surface area contributed by atoms with Gasteiger partial charge in [0.25, 0.3) is 5.91 Å². The fraction of sp³-hybridized carbons (Fsp3) is 0.333. The van der Waals surface area contributed by atoms with E-state index in [1.165, 1.54) is 26.4 Å². The predicted molar refractivity (Wildman–Crippen MR) is 93.6 cm³/mol. The standard InChI is InChI=1S/C18H16F6N4O2/c1-9(14-15(10(2)28-30-3)26-5-4-25-14)27-16(29)11-6-12(17(19,20)21)8-13(7-11)18(22,23)24/h4-9H,1-3H3,(H,27,29). The van der Waals surface area contributed by atoms with Gasteiger partial charge in [0.1, 0.15) is 18.5 Å². The van der Waals surface area contributed by atoms with Crippen LogP contribution in [0.1, 0.15) is 52.8 Å². The summed E-state index contributed by atoms with van der Waals surface area (Å²) < 4.78 is 78.0. The Kier molecular flexibility index (Phi) is 6.68. The highest BCUT2D eigenvalue weighted by Gasteiger charge is 2.37. The third kappa shape index (κ3) is 5.45. The van der Waals surface area contributed by atoms with E-state index in [-0.39, 0.29) is 17.5 Å². The molecule has 0 spiro atoms. The van der Waals surface area contributed by atoms with Gasteiger partial charge in [0.05, 0.1) is 22.9 Å². The van der Waals surface area contributed by atoms with Crippen LogP contribution in [0.2, 0.25) is 0 Å². The summed E-state index contributed by atoms with van der Waals surface area (Å²) in [5.74, 6) is -1.14. The van der Waals surface area contributed by atoms with Crippen molar-refractivity contribution in [3.63, 3.8) is 0 Å². The molecule has 2 rings (SSSR count). The van der Waals surface area contributed by atoms with Gasteiger partial charge in [0.2, 0.25) is 0 Å². The van der Waals surface area contributed by atoms with Crippen LogP contribution in [0, 0.1) is 0 Å². The summed E-state index contributed by atoms with van der Waals surface area (Å²) in [6, 6.07) is -0.253. The lowest BCUT2D eigenvalue weighted by Crippen LogP contribution is -2.29. The summed E-state index contributed by atoms with van der Waals surface area (Å²) in [4.78, 5) is 25.2. The van der Waals surface area contributed by atoms with Crippen LogP contribution in [0.25, 0.3) is 0 Å². The number of carbonyl (C=O) groups excluding carboxylic acids is 1. The maximum absolute atomic E-state index is 13.0. The molecule has 30 heavy (non-hydrogen) atoms. The van der Waals surface area contributed by atoms with Gasteiger partial charge < -0.3 is 10.2 Å². The quantitative estimate of drug-likeness (QED) is 0.431. The van der Waals surface area contributed by atoms with Crippen molar-refractivity contribution in [3.8, 4) is 0 Å². The SMILES string of the molecule is CON=C(C)c1nccnc1C(C)NC(=O)c1cc(C(F)(F)F)cc(C(F)(F)F)c1. The number of alkyl halides is 6. The Bertz CT molecular complexity index is 924. The molecule has 162 valence electrons.